The van der Waals surface area contributed by atoms with E-state index in [4.69, 9.17) is 0 Å². The first-order chi connectivity index (χ1) is 4.20. The summed E-state index contributed by atoms with van der Waals surface area (Å²) in [5.74, 6) is -0.124. The third-order valence-corrected chi connectivity index (χ3v) is 1.31. The predicted octanol–water partition coefficient (Wildman–Crippen LogP) is 2.44. The summed E-state index contributed by atoms with van der Waals surface area (Å²) in [5, 5.41) is 0. The molecule has 0 atom stereocenters. The first-order valence-corrected chi connectivity index (χ1v) is 2.93. The maximum Gasteiger partial charge on any atom is 0.126 e. The Morgan fingerprint density at radius 3 is 2.33 bits per heavy atom. The zero-order valence-corrected chi connectivity index (χ0v) is 5.61. The van der Waals surface area contributed by atoms with Crippen molar-refractivity contribution >= 4 is 0 Å². The van der Waals surface area contributed by atoms with E-state index in [9.17, 15) is 4.39 Å². The fourth-order valence-corrected chi connectivity index (χ4v) is 0.795. The molecule has 0 aliphatic carbocycles. The lowest BCUT2D eigenvalue weighted by atomic mass is 10.1. The highest BCUT2D eigenvalue weighted by Crippen LogP contribution is 2.06. The molecule has 0 heterocycles. The van der Waals surface area contributed by atoms with E-state index < -0.39 is 0 Å². The van der Waals surface area contributed by atoms with Gasteiger partial charge in [-0.05, 0) is 25.5 Å². The van der Waals surface area contributed by atoms with E-state index in [-0.39, 0.29) is 5.82 Å². The minimum absolute atomic E-state index is 0.124. The van der Waals surface area contributed by atoms with Crippen molar-refractivity contribution in [2.45, 2.75) is 13.8 Å². The van der Waals surface area contributed by atoms with Crippen LogP contribution in [0, 0.1) is 19.7 Å². The zero-order chi connectivity index (χ0) is 6.85. The number of hydrogen-bond donors (Lipinski definition) is 0. The Kier molecular flexibility index (Phi) is 1.52. The molecular formula is C8H9F. The van der Waals surface area contributed by atoms with Gasteiger partial charge in [0.2, 0.25) is 0 Å². The van der Waals surface area contributed by atoms with E-state index in [0.29, 0.717) is 0 Å². The summed E-state index contributed by atoms with van der Waals surface area (Å²) in [7, 11) is 0. The molecule has 0 fully saturated rings. The largest absolute Gasteiger partial charge is 0.207 e. The molecule has 9 heavy (non-hydrogen) atoms. The Labute approximate surface area is 54.3 Å². The lowest BCUT2D eigenvalue weighted by Gasteiger charge is -1.95. The molecule has 1 heteroatoms. The number of aryl methyl sites for hydroxylation is 2. The van der Waals surface area contributed by atoms with Gasteiger partial charge in [0.25, 0.3) is 0 Å². The molecule has 0 amide bonds. The molecule has 0 unspecified atom stereocenters. The van der Waals surface area contributed by atoms with Gasteiger partial charge >= 0.3 is 0 Å². The smallest absolute Gasteiger partial charge is 0.126 e. The summed E-state index contributed by atoms with van der Waals surface area (Å²) in [5.41, 5.74) is 1.82. The summed E-state index contributed by atoms with van der Waals surface area (Å²) in [6, 6.07) is 5.09. The van der Waals surface area contributed by atoms with Crippen molar-refractivity contribution in [1.29, 1.82) is 0 Å². The van der Waals surface area contributed by atoms with Crippen molar-refractivity contribution < 1.29 is 4.39 Å². The highest BCUT2D eigenvalue weighted by molar-refractivity contribution is 5.22. The minimum atomic E-state index is -0.124. The van der Waals surface area contributed by atoms with E-state index in [2.05, 4.69) is 0 Å². The average Bonchev–Trinajstić information content (AvgIpc) is 1.80. The maximum absolute atomic E-state index is 12.5. The summed E-state index contributed by atoms with van der Waals surface area (Å²) in [6.07, 6.45) is 0. The molecule has 48 valence electrons. The number of rotatable bonds is 0. The second-order valence-electron chi connectivity index (χ2n) is 2.25. The van der Waals surface area contributed by atoms with Gasteiger partial charge in [0.15, 0.2) is 0 Å². The summed E-state index contributed by atoms with van der Waals surface area (Å²) >= 11 is 0. The molecule has 0 N–H and O–H groups in total. The van der Waals surface area contributed by atoms with Crippen molar-refractivity contribution in [3.8, 4) is 0 Å². The summed E-state index contributed by atoms with van der Waals surface area (Å²) < 4.78 is 12.5. The molecule has 0 spiro atoms. The lowest BCUT2D eigenvalue weighted by molar-refractivity contribution is 0.618. The van der Waals surface area contributed by atoms with E-state index in [1.165, 1.54) is 6.07 Å². The SMILES string of the molecule is Cc1ccc(F)c(C)c1. The first kappa shape index (κ1) is 6.27. The molecular weight excluding hydrogens is 115 g/mol. The second-order valence-corrected chi connectivity index (χ2v) is 2.25. The zero-order valence-electron chi connectivity index (χ0n) is 5.61. The molecule has 1 aromatic carbocycles. The van der Waals surface area contributed by atoms with Gasteiger partial charge in [-0.15, -0.1) is 0 Å². The lowest BCUT2D eigenvalue weighted by Crippen LogP contribution is -1.81. The van der Waals surface area contributed by atoms with Crippen LogP contribution in [0.1, 0.15) is 11.1 Å². The van der Waals surface area contributed by atoms with Crippen LogP contribution in [-0.4, -0.2) is 0 Å². The van der Waals surface area contributed by atoms with Crippen molar-refractivity contribution in [3.63, 3.8) is 0 Å². The van der Waals surface area contributed by atoms with Gasteiger partial charge in [0.05, 0.1) is 0 Å². The third-order valence-electron chi connectivity index (χ3n) is 1.31. The number of halogens is 1. The standard InChI is InChI=1S/C8H9F/c1-6-3-4-8(9)7(2)5-6/h3-5H,1-2H3. The third kappa shape index (κ3) is 1.28. The fraction of sp³-hybridized carbons (Fsp3) is 0.250. The summed E-state index contributed by atoms with van der Waals surface area (Å²) in [4.78, 5) is 0. The quantitative estimate of drug-likeness (QED) is 0.498. The molecule has 0 aliphatic heterocycles. The highest BCUT2D eigenvalue weighted by Gasteiger charge is 1.93. The molecule has 0 saturated carbocycles. The molecule has 1 aromatic rings. The van der Waals surface area contributed by atoms with Crippen LogP contribution < -0.4 is 0 Å². The molecule has 0 aliphatic rings. The predicted molar refractivity (Wildman–Crippen MR) is 35.9 cm³/mol. The van der Waals surface area contributed by atoms with E-state index in [0.717, 1.165) is 11.1 Å². The van der Waals surface area contributed by atoms with Crippen LogP contribution in [-0.2, 0) is 0 Å². The second kappa shape index (κ2) is 2.18. The Bertz CT molecular complexity index is 216. The average molecular weight is 124 g/mol. The van der Waals surface area contributed by atoms with Gasteiger partial charge in [-0.1, -0.05) is 17.7 Å². The normalized spacial score (nSPS) is 9.67. The minimum Gasteiger partial charge on any atom is -0.207 e. The Morgan fingerprint density at radius 2 is 1.89 bits per heavy atom. The van der Waals surface area contributed by atoms with Gasteiger partial charge in [-0.3, -0.25) is 0 Å². The van der Waals surface area contributed by atoms with Gasteiger partial charge in [-0.25, -0.2) is 4.39 Å². The summed E-state index contributed by atoms with van der Waals surface area (Å²) in [6.45, 7) is 3.72. The number of hydrogen-bond acceptors (Lipinski definition) is 0. The molecule has 1 rings (SSSR count). The Hall–Kier alpha value is -0.850. The molecule has 0 saturated heterocycles. The van der Waals surface area contributed by atoms with Crippen molar-refractivity contribution in [1.82, 2.24) is 0 Å². The Balaban J connectivity index is 3.17. The Morgan fingerprint density at radius 1 is 1.22 bits per heavy atom. The van der Waals surface area contributed by atoms with Crippen molar-refractivity contribution in [2.24, 2.45) is 0 Å². The topological polar surface area (TPSA) is 0 Å². The first-order valence-electron chi connectivity index (χ1n) is 2.93. The van der Waals surface area contributed by atoms with Crippen LogP contribution in [0.3, 0.4) is 0 Å². The van der Waals surface area contributed by atoms with Crippen LogP contribution in [0.2, 0.25) is 0 Å². The van der Waals surface area contributed by atoms with E-state index in [1.54, 1.807) is 13.0 Å². The van der Waals surface area contributed by atoms with Gasteiger partial charge in [0, 0.05) is 0 Å². The van der Waals surface area contributed by atoms with E-state index >= 15 is 0 Å². The molecule has 0 radical (unpaired) electrons. The van der Waals surface area contributed by atoms with Crippen LogP contribution >= 0.6 is 0 Å². The highest BCUT2D eigenvalue weighted by atomic mass is 19.1. The van der Waals surface area contributed by atoms with Gasteiger partial charge < -0.3 is 0 Å². The van der Waals surface area contributed by atoms with Crippen LogP contribution in [0.15, 0.2) is 18.2 Å². The number of benzene rings is 1. The van der Waals surface area contributed by atoms with Crippen LogP contribution in [0.5, 0.6) is 0 Å². The molecule has 0 nitrogen and oxygen atoms in total. The molecule has 0 bridgehead atoms. The van der Waals surface area contributed by atoms with Crippen LogP contribution in [0.4, 0.5) is 4.39 Å². The van der Waals surface area contributed by atoms with Crippen molar-refractivity contribution in [3.05, 3.63) is 35.1 Å². The van der Waals surface area contributed by atoms with Gasteiger partial charge in [0.1, 0.15) is 5.82 Å². The van der Waals surface area contributed by atoms with Crippen LogP contribution in [0.25, 0.3) is 0 Å². The maximum atomic E-state index is 12.5. The molecule has 0 aromatic heterocycles. The van der Waals surface area contributed by atoms with Crippen molar-refractivity contribution in [2.75, 3.05) is 0 Å². The van der Waals surface area contributed by atoms with E-state index in [1.807, 2.05) is 13.0 Å². The monoisotopic (exact) mass is 124 g/mol. The fourth-order valence-electron chi connectivity index (χ4n) is 0.795. The van der Waals surface area contributed by atoms with Gasteiger partial charge in [-0.2, -0.15) is 0 Å².